The Labute approximate surface area is 128 Å². The maximum absolute atomic E-state index is 11.7. The number of carbonyl (C=O) groups is 1. The first kappa shape index (κ1) is 17.2. The molecule has 112 valence electrons. The molecular formula is C13H18Cl2N2O3. The molecule has 1 unspecified atom stereocenters. The number of rotatable bonds is 8. The molecule has 1 amide bonds. The van der Waals surface area contributed by atoms with Gasteiger partial charge >= 0.3 is 0 Å². The lowest BCUT2D eigenvalue weighted by Gasteiger charge is -2.13. The van der Waals surface area contributed by atoms with E-state index in [4.69, 9.17) is 38.8 Å². The number of aliphatic hydroxyl groups is 1. The molecule has 0 heterocycles. The second-order valence-electron chi connectivity index (χ2n) is 4.19. The molecule has 0 aliphatic carbocycles. The maximum atomic E-state index is 11.7. The number of carbonyl (C=O) groups excluding carboxylic acids is 1. The Morgan fingerprint density at radius 1 is 1.35 bits per heavy atom. The minimum atomic E-state index is -0.662. The van der Waals surface area contributed by atoms with Gasteiger partial charge in [-0.05, 0) is 24.1 Å². The van der Waals surface area contributed by atoms with Crippen molar-refractivity contribution in [1.82, 2.24) is 5.32 Å². The fraction of sp³-hybridized carbons (Fsp3) is 0.462. The van der Waals surface area contributed by atoms with Crippen LogP contribution in [-0.4, -0.2) is 43.4 Å². The first-order valence-electron chi connectivity index (χ1n) is 6.20. The molecule has 0 saturated carbocycles. The minimum absolute atomic E-state index is 0.0369. The fourth-order valence-electron chi connectivity index (χ4n) is 1.56. The average molecular weight is 321 g/mol. The molecule has 0 aromatic heterocycles. The highest BCUT2D eigenvalue weighted by molar-refractivity contribution is 6.42. The normalized spacial score (nSPS) is 12.2. The van der Waals surface area contributed by atoms with Crippen LogP contribution in [0.15, 0.2) is 18.2 Å². The zero-order valence-corrected chi connectivity index (χ0v) is 12.5. The Balaban J connectivity index is 2.35. The summed E-state index contributed by atoms with van der Waals surface area (Å²) in [7, 11) is 0. The monoisotopic (exact) mass is 320 g/mol. The molecule has 1 aromatic rings. The molecule has 7 heteroatoms. The topological polar surface area (TPSA) is 84.6 Å². The van der Waals surface area contributed by atoms with Gasteiger partial charge in [0.25, 0.3) is 0 Å². The lowest BCUT2D eigenvalue weighted by molar-refractivity contribution is -0.122. The van der Waals surface area contributed by atoms with E-state index < -0.39 is 6.04 Å². The number of benzene rings is 1. The Kier molecular flexibility index (Phi) is 7.87. The van der Waals surface area contributed by atoms with E-state index in [1.807, 2.05) is 0 Å². The number of aliphatic hydroxyl groups excluding tert-OH is 1. The SMILES string of the molecule is NC(Cc1ccc(Cl)c(Cl)c1)C(=O)NCCOCCO. The highest BCUT2D eigenvalue weighted by Gasteiger charge is 2.14. The van der Waals surface area contributed by atoms with Crippen LogP contribution in [0.3, 0.4) is 0 Å². The molecule has 0 fully saturated rings. The zero-order chi connectivity index (χ0) is 15.0. The van der Waals surface area contributed by atoms with Gasteiger partial charge in [0.15, 0.2) is 0 Å². The molecule has 0 radical (unpaired) electrons. The van der Waals surface area contributed by atoms with Gasteiger partial charge in [0, 0.05) is 6.54 Å². The van der Waals surface area contributed by atoms with Crippen LogP contribution in [0.1, 0.15) is 5.56 Å². The molecule has 0 bridgehead atoms. The van der Waals surface area contributed by atoms with Gasteiger partial charge < -0.3 is 20.9 Å². The quantitative estimate of drug-likeness (QED) is 0.624. The molecule has 5 nitrogen and oxygen atoms in total. The van der Waals surface area contributed by atoms with Crippen molar-refractivity contribution >= 4 is 29.1 Å². The lowest BCUT2D eigenvalue weighted by atomic mass is 10.1. The van der Waals surface area contributed by atoms with Gasteiger partial charge in [0.2, 0.25) is 5.91 Å². The van der Waals surface area contributed by atoms with Crippen molar-refractivity contribution < 1.29 is 14.6 Å². The van der Waals surface area contributed by atoms with Crippen molar-refractivity contribution in [2.75, 3.05) is 26.4 Å². The van der Waals surface area contributed by atoms with Crippen LogP contribution >= 0.6 is 23.2 Å². The third-order valence-corrected chi connectivity index (χ3v) is 3.30. The number of ether oxygens (including phenoxy) is 1. The predicted octanol–water partition coefficient (Wildman–Crippen LogP) is 0.988. The Bertz CT molecular complexity index is 444. The van der Waals surface area contributed by atoms with Crippen molar-refractivity contribution in [3.8, 4) is 0 Å². The van der Waals surface area contributed by atoms with Gasteiger partial charge in [-0.3, -0.25) is 4.79 Å². The van der Waals surface area contributed by atoms with Crippen molar-refractivity contribution in [3.05, 3.63) is 33.8 Å². The van der Waals surface area contributed by atoms with E-state index in [9.17, 15) is 4.79 Å². The highest BCUT2D eigenvalue weighted by atomic mass is 35.5. The molecule has 0 aliphatic rings. The summed E-state index contributed by atoms with van der Waals surface area (Å²) in [5, 5.41) is 12.1. The Morgan fingerprint density at radius 2 is 2.10 bits per heavy atom. The molecule has 0 spiro atoms. The van der Waals surface area contributed by atoms with E-state index in [1.165, 1.54) is 0 Å². The Morgan fingerprint density at radius 3 is 2.75 bits per heavy atom. The molecule has 0 aliphatic heterocycles. The van der Waals surface area contributed by atoms with Crippen LogP contribution in [0.4, 0.5) is 0 Å². The molecule has 20 heavy (non-hydrogen) atoms. The van der Waals surface area contributed by atoms with E-state index in [0.29, 0.717) is 29.6 Å². The van der Waals surface area contributed by atoms with Gasteiger partial charge in [0.05, 0.1) is 35.9 Å². The van der Waals surface area contributed by atoms with Crippen molar-refractivity contribution in [1.29, 1.82) is 0 Å². The van der Waals surface area contributed by atoms with Crippen LogP contribution < -0.4 is 11.1 Å². The molecule has 1 atom stereocenters. The predicted molar refractivity (Wildman–Crippen MR) is 79.1 cm³/mol. The molecule has 1 rings (SSSR count). The number of amides is 1. The first-order valence-corrected chi connectivity index (χ1v) is 6.96. The summed E-state index contributed by atoms with van der Waals surface area (Å²) in [6.07, 6.45) is 0.375. The van der Waals surface area contributed by atoms with Crippen LogP contribution in [0, 0.1) is 0 Å². The van der Waals surface area contributed by atoms with Gasteiger partial charge in [-0.1, -0.05) is 29.3 Å². The van der Waals surface area contributed by atoms with E-state index in [0.717, 1.165) is 5.56 Å². The summed E-state index contributed by atoms with van der Waals surface area (Å²) in [6.45, 7) is 0.912. The summed E-state index contributed by atoms with van der Waals surface area (Å²) < 4.78 is 5.02. The number of hydrogen-bond donors (Lipinski definition) is 3. The maximum Gasteiger partial charge on any atom is 0.237 e. The summed E-state index contributed by atoms with van der Waals surface area (Å²) in [5.74, 6) is -0.260. The van der Waals surface area contributed by atoms with Crippen molar-refractivity contribution in [3.63, 3.8) is 0 Å². The smallest absolute Gasteiger partial charge is 0.237 e. The zero-order valence-electron chi connectivity index (χ0n) is 10.9. The molecule has 1 aromatic carbocycles. The molecule has 4 N–H and O–H groups in total. The number of nitrogens with one attached hydrogen (secondary N) is 1. The first-order chi connectivity index (χ1) is 9.54. The van der Waals surface area contributed by atoms with E-state index >= 15 is 0 Å². The number of nitrogens with two attached hydrogens (primary N) is 1. The highest BCUT2D eigenvalue weighted by Crippen LogP contribution is 2.22. The summed E-state index contributed by atoms with van der Waals surface area (Å²) in [4.78, 5) is 11.7. The van der Waals surface area contributed by atoms with Crippen molar-refractivity contribution in [2.45, 2.75) is 12.5 Å². The van der Waals surface area contributed by atoms with Gasteiger partial charge in [-0.25, -0.2) is 0 Å². The third-order valence-electron chi connectivity index (χ3n) is 2.56. The van der Waals surface area contributed by atoms with Crippen LogP contribution in [0.2, 0.25) is 10.0 Å². The molecule has 0 saturated heterocycles. The van der Waals surface area contributed by atoms with Gasteiger partial charge in [0.1, 0.15) is 0 Å². The van der Waals surface area contributed by atoms with Crippen molar-refractivity contribution in [2.24, 2.45) is 5.73 Å². The largest absolute Gasteiger partial charge is 0.394 e. The Hall–Kier alpha value is -0.850. The molecular weight excluding hydrogens is 303 g/mol. The minimum Gasteiger partial charge on any atom is -0.394 e. The van der Waals surface area contributed by atoms with E-state index in [1.54, 1.807) is 18.2 Å². The van der Waals surface area contributed by atoms with Crippen LogP contribution in [-0.2, 0) is 16.0 Å². The fourth-order valence-corrected chi connectivity index (χ4v) is 1.88. The summed E-state index contributed by atoms with van der Waals surface area (Å²) in [6, 6.07) is 4.49. The van der Waals surface area contributed by atoms with E-state index in [-0.39, 0.29) is 19.1 Å². The summed E-state index contributed by atoms with van der Waals surface area (Å²) in [5.41, 5.74) is 6.66. The second kappa shape index (κ2) is 9.15. The van der Waals surface area contributed by atoms with Crippen LogP contribution in [0.25, 0.3) is 0 Å². The standard InChI is InChI=1S/C13H18Cl2N2O3/c14-10-2-1-9(7-11(10)15)8-12(16)13(19)17-3-5-20-6-4-18/h1-2,7,12,18H,3-6,8,16H2,(H,17,19). The third kappa shape index (κ3) is 6.07. The van der Waals surface area contributed by atoms with E-state index in [2.05, 4.69) is 5.32 Å². The lowest BCUT2D eigenvalue weighted by Crippen LogP contribution is -2.43. The van der Waals surface area contributed by atoms with Crippen LogP contribution in [0.5, 0.6) is 0 Å². The average Bonchev–Trinajstić information content (AvgIpc) is 2.42. The number of hydrogen-bond acceptors (Lipinski definition) is 4. The number of halogens is 2. The van der Waals surface area contributed by atoms with Gasteiger partial charge in [-0.2, -0.15) is 0 Å². The summed E-state index contributed by atoms with van der Waals surface area (Å²) >= 11 is 11.7. The van der Waals surface area contributed by atoms with Gasteiger partial charge in [-0.15, -0.1) is 0 Å². The second-order valence-corrected chi connectivity index (χ2v) is 5.00.